The lowest BCUT2D eigenvalue weighted by atomic mass is 10.2. The van der Waals surface area contributed by atoms with Crippen molar-refractivity contribution in [1.82, 2.24) is 0 Å². The van der Waals surface area contributed by atoms with E-state index in [1.54, 1.807) is 11.3 Å². The molecule has 0 spiro atoms. The summed E-state index contributed by atoms with van der Waals surface area (Å²) in [6, 6.07) is 6.94. The fraction of sp³-hybridized carbons (Fsp3) is 0.294. The summed E-state index contributed by atoms with van der Waals surface area (Å²) in [5.41, 5.74) is 0.0968. The summed E-state index contributed by atoms with van der Waals surface area (Å²) in [6.07, 6.45) is 0.604. The maximum absolute atomic E-state index is 13.1. The first-order chi connectivity index (χ1) is 11.5. The van der Waals surface area contributed by atoms with Crippen LogP contribution in [-0.2, 0) is 20.7 Å². The van der Waals surface area contributed by atoms with E-state index >= 15 is 0 Å². The molecule has 0 aliphatic rings. The summed E-state index contributed by atoms with van der Waals surface area (Å²) in [4.78, 5) is 24.8. The van der Waals surface area contributed by atoms with Crippen LogP contribution in [0.5, 0.6) is 0 Å². The maximum Gasteiger partial charge on any atom is 0.306 e. The second-order valence-corrected chi connectivity index (χ2v) is 6.22. The van der Waals surface area contributed by atoms with Gasteiger partial charge in [0, 0.05) is 23.1 Å². The van der Waals surface area contributed by atoms with Crippen LogP contribution >= 0.6 is 11.3 Å². The smallest absolute Gasteiger partial charge is 0.306 e. The Morgan fingerprint density at radius 3 is 2.71 bits per heavy atom. The molecule has 0 saturated heterocycles. The number of thiophene rings is 1. The highest BCUT2D eigenvalue weighted by atomic mass is 32.1. The largest absolute Gasteiger partial charge is 0.453 e. The number of aryl methyl sites for hydroxylation is 1. The normalized spacial score (nSPS) is 11.8. The third-order valence-corrected chi connectivity index (χ3v) is 4.18. The van der Waals surface area contributed by atoms with Crippen LogP contribution < -0.4 is 5.32 Å². The van der Waals surface area contributed by atoms with Gasteiger partial charge in [0.05, 0.1) is 0 Å². The van der Waals surface area contributed by atoms with E-state index in [1.165, 1.54) is 17.9 Å². The zero-order chi connectivity index (χ0) is 17.5. The predicted octanol–water partition coefficient (Wildman–Crippen LogP) is 3.92. The van der Waals surface area contributed by atoms with E-state index in [9.17, 15) is 18.4 Å². The van der Waals surface area contributed by atoms with Crippen LogP contribution in [0, 0.1) is 11.6 Å². The van der Waals surface area contributed by atoms with Gasteiger partial charge in [-0.1, -0.05) is 6.07 Å². The molecule has 0 aliphatic heterocycles. The van der Waals surface area contributed by atoms with Crippen molar-refractivity contribution in [3.8, 4) is 0 Å². The monoisotopic (exact) mass is 353 g/mol. The molecule has 1 heterocycles. The molecule has 128 valence electrons. The third-order valence-electron chi connectivity index (χ3n) is 3.25. The van der Waals surface area contributed by atoms with Crippen molar-refractivity contribution in [1.29, 1.82) is 0 Å². The number of benzene rings is 1. The van der Waals surface area contributed by atoms with E-state index in [0.717, 1.165) is 18.6 Å². The lowest BCUT2D eigenvalue weighted by Gasteiger charge is -2.13. The molecule has 24 heavy (non-hydrogen) atoms. The second kappa shape index (κ2) is 8.54. The first-order valence-corrected chi connectivity index (χ1v) is 8.31. The number of carbonyl (C=O) groups excluding carboxylic acids is 2. The van der Waals surface area contributed by atoms with Crippen molar-refractivity contribution in [2.75, 3.05) is 5.32 Å². The summed E-state index contributed by atoms with van der Waals surface area (Å²) < 4.78 is 31.0. The van der Waals surface area contributed by atoms with Crippen molar-refractivity contribution < 1.29 is 23.1 Å². The summed E-state index contributed by atoms with van der Waals surface area (Å²) in [5, 5.41) is 4.34. The second-order valence-electron chi connectivity index (χ2n) is 5.18. The van der Waals surface area contributed by atoms with E-state index < -0.39 is 29.6 Å². The SMILES string of the molecule is C[C@H](OC(=O)CCCc1cccs1)C(=O)Nc1ccc(F)c(F)c1. The van der Waals surface area contributed by atoms with E-state index in [2.05, 4.69) is 5.32 Å². The molecule has 2 aromatic rings. The van der Waals surface area contributed by atoms with Crippen molar-refractivity contribution in [2.24, 2.45) is 0 Å². The van der Waals surface area contributed by atoms with E-state index in [1.807, 2.05) is 17.5 Å². The highest BCUT2D eigenvalue weighted by molar-refractivity contribution is 7.09. The van der Waals surface area contributed by atoms with Crippen LogP contribution in [-0.4, -0.2) is 18.0 Å². The van der Waals surface area contributed by atoms with Crippen LogP contribution in [0.15, 0.2) is 35.7 Å². The van der Waals surface area contributed by atoms with Gasteiger partial charge in [-0.3, -0.25) is 9.59 Å². The number of halogens is 2. The van der Waals surface area contributed by atoms with Gasteiger partial charge in [-0.25, -0.2) is 8.78 Å². The molecule has 1 atom stereocenters. The van der Waals surface area contributed by atoms with E-state index in [4.69, 9.17) is 4.74 Å². The molecule has 0 bridgehead atoms. The fourth-order valence-electron chi connectivity index (χ4n) is 1.99. The Balaban J connectivity index is 1.75. The predicted molar refractivity (Wildman–Crippen MR) is 87.8 cm³/mol. The Morgan fingerprint density at radius 1 is 1.25 bits per heavy atom. The van der Waals surface area contributed by atoms with Crippen molar-refractivity contribution in [2.45, 2.75) is 32.3 Å². The molecule has 0 aliphatic carbocycles. The van der Waals surface area contributed by atoms with E-state index in [0.29, 0.717) is 6.42 Å². The number of ether oxygens (including phenoxy) is 1. The van der Waals surface area contributed by atoms with Gasteiger partial charge in [0.15, 0.2) is 17.7 Å². The van der Waals surface area contributed by atoms with Crippen molar-refractivity contribution >= 4 is 28.9 Å². The number of anilines is 1. The summed E-state index contributed by atoms with van der Waals surface area (Å²) in [5.74, 6) is -3.14. The number of hydrogen-bond donors (Lipinski definition) is 1. The quantitative estimate of drug-likeness (QED) is 0.768. The van der Waals surface area contributed by atoms with Crippen LogP contribution in [0.3, 0.4) is 0 Å². The lowest BCUT2D eigenvalue weighted by molar-refractivity contribution is -0.153. The van der Waals surface area contributed by atoms with Crippen LogP contribution in [0.4, 0.5) is 14.5 Å². The van der Waals surface area contributed by atoms with Gasteiger partial charge in [-0.05, 0) is 43.3 Å². The van der Waals surface area contributed by atoms with Crippen LogP contribution in [0.1, 0.15) is 24.6 Å². The first kappa shape index (κ1) is 18.1. The van der Waals surface area contributed by atoms with Crippen molar-refractivity contribution in [3.05, 3.63) is 52.2 Å². The molecule has 1 aromatic carbocycles. The first-order valence-electron chi connectivity index (χ1n) is 7.43. The van der Waals surface area contributed by atoms with Crippen LogP contribution in [0.25, 0.3) is 0 Å². The highest BCUT2D eigenvalue weighted by Crippen LogP contribution is 2.14. The molecule has 0 fully saturated rings. The minimum absolute atomic E-state index is 0.0968. The minimum Gasteiger partial charge on any atom is -0.453 e. The van der Waals surface area contributed by atoms with E-state index in [-0.39, 0.29) is 12.1 Å². The molecule has 0 saturated carbocycles. The molecule has 0 radical (unpaired) electrons. The van der Waals surface area contributed by atoms with Gasteiger partial charge in [0.1, 0.15) is 0 Å². The number of carbonyl (C=O) groups is 2. The molecular weight excluding hydrogens is 336 g/mol. The standard InChI is InChI=1S/C17H17F2NO3S/c1-11(17(22)20-12-7-8-14(18)15(19)10-12)23-16(21)6-2-4-13-5-3-9-24-13/h3,5,7-11H,2,4,6H2,1H3,(H,20,22)/t11-/m0/s1. The van der Waals surface area contributed by atoms with Gasteiger partial charge in [-0.2, -0.15) is 0 Å². The van der Waals surface area contributed by atoms with Gasteiger partial charge in [0.25, 0.3) is 5.91 Å². The topological polar surface area (TPSA) is 55.4 Å². The van der Waals surface area contributed by atoms with Gasteiger partial charge < -0.3 is 10.1 Å². The van der Waals surface area contributed by atoms with Crippen LogP contribution in [0.2, 0.25) is 0 Å². The number of amides is 1. The summed E-state index contributed by atoms with van der Waals surface area (Å²) >= 11 is 1.62. The molecule has 7 heteroatoms. The third kappa shape index (κ3) is 5.42. The average Bonchev–Trinajstić information content (AvgIpc) is 3.04. The number of hydrogen-bond acceptors (Lipinski definition) is 4. The van der Waals surface area contributed by atoms with Gasteiger partial charge >= 0.3 is 5.97 Å². The molecule has 1 amide bonds. The lowest BCUT2D eigenvalue weighted by Crippen LogP contribution is -2.30. The number of esters is 1. The number of nitrogens with one attached hydrogen (secondary N) is 1. The molecule has 1 aromatic heterocycles. The molecule has 1 N–H and O–H groups in total. The highest BCUT2D eigenvalue weighted by Gasteiger charge is 2.18. The summed E-state index contributed by atoms with van der Waals surface area (Å²) in [7, 11) is 0. The fourth-order valence-corrected chi connectivity index (χ4v) is 2.74. The maximum atomic E-state index is 13.1. The molecule has 0 unspecified atom stereocenters. The van der Waals surface area contributed by atoms with Gasteiger partial charge in [0.2, 0.25) is 0 Å². The zero-order valence-corrected chi connectivity index (χ0v) is 13.9. The average molecular weight is 353 g/mol. The number of rotatable bonds is 7. The zero-order valence-electron chi connectivity index (χ0n) is 13.1. The van der Waals surface area contributed by atoms with Gasteiger partial charge in [-0.15, -0.1) is 11.3 Å². The Bertz CT molecular complexity index is 704. The Morgan fingerprint density at radius 2 is 2.04 bits per heavy atom. The summed E-state index contributed by atoms with van der Waals surface area (Å²) in [6.45, 7) is 1.42. The Kier molecular flexibility index (Phi) is 6.43. The Hall–Kier alpha value is -2.28. The Labute approximate surface area is 142 Å². The molecule has 2 rings (SSSR count). The molecule has 4 nitrogen and oxygen atoms in total. The van der Waals surface area contributed by atoms with Crippen molar-refractivity contribution in [3.63, 3.8) is 0 Å². The molecular formula is C17H17F2NO3S. The minimum atomic E-state index is -1.06.